The molecule has 0 aromatic carbocycles. The van der Waals surface area contributed by atoms with Crippen LogP contribution in [-0.2, 0) is 0 Å². The van der Waals surface area contributed by atoms with Gasteiger partial charge < -0.3 is 9.73 Å². The van der Waals surface area contributed by atoms with Gasteiger partial charge in [0, 0.05) is 18.0 Å². The van der Waals surface area contributed by atoms with E-state index in [-0.39, 0.29) is 6.04 Å². The van der Waals surface area contributed by atoms with E-state index in [1.165, 1.54) is 0 Å². The lowest BCUT2D eigenvalue weighted by Gasteiger charge is -2.12. The first-order valence-electron chi connectivity index (χ1n) is 5.37. The highest BCUT2D eigenvalue weighted by molar-refractivity contribution is 9.10. The Labute approximate surface area is 109 Å². The lowest BCUT2D eigenvalue weighted by molar-refractivity contribution is 0.499. The summed E-state index contributed by atoms with van der Waals surface area (Å²) in [6, 6.07) is 2.15. The number of aryl methyl sites for hydroxylation is 2. The lowest BCUT2D eigenvalue weighted by atomic mass is 10.1. The molecule has 1 N–H and O–H groups in total. The number of nitrogens with one attached hydrogen (secondary N) is 1. The van der Waals surface area contributed by atoms with E-state index in [1.54, 1.807) is 12.4 Å². The SMILES string of the molecule is Cc1cc(C(C)Nc2ncc(Br)cn2)c(C)o1. The highest BCUT2D eigenvalue weighted by atomic mass is 79.9. The quantitative estimate of drug-likeness (QED) is 0.939. The van der Waals surface area contributed by atoms with Crippen LogP contribution in [0.3, 0.4) is 0 Å². The fourth-order valence-electron chi connectivity index (χ4n) is 1.74. The summed E-state index contributed by atoms with van der Waals surface area (Å²) in [7, 11) is 0. The maximum atomic E-state index is 5.50. The Balaban J connectivity index is 2.14. The van der Waals surface area contributed by atoms with Crippen molar-refractivity contribution in [2.24, 2.45) is 0 Å². The first-order chi connectivity index (χ1) is 8.06. The second-order valence-electron chi connectivity index (χ2n) is 3.96. The van der Waals surface area contributed by atoms with Crippen LogP contribution in [0.2, 0.25) is 0 Å². The van der Waals surface area contributed by atoms with Crippen molar-refractivity contribution in [3.63, 3.8) is 0 Å². The minimum atomic E-state index is 0.119. The van der Waals surface area contributed by atoms with Crippen molar-refractivity contribution in [2.45, 2.75) is 26.8 Å². The summed E-state index contributed by atoms with van der Waals surface area (Å²) < 4.78 is 6.37. The smallest absolute Gasteiger partial charge is 0.223 e. The molecule has 0 fully saturated rings. The second-order valence-corrected chi connectivity index (χ2v) is 4.88. The number of furan rings is 1. The predicted octanol–water partition coefficient (Wildman–Crippen LogP) is 3.62. The minimum Gasteiger partial charge on any atom is -0.466 e. The van der Waals surface area contributed by atoms with Crippen molar-refractivity contribution < 1.29 is 4.42 Å². The topological polar surface area (TPSA) is 51.0 Å². The van der Waals surface area contributed by atoms with E-state index in [0.717, 1.165) is 21.6 Å². The summed E-state index contributed by atoms with van der Waals surface area (Å²) in [6.07, 6.45) is 3.44. The first-order valence-corrected chi connectivity index (χ1v) is 6.16. The predicted molar refractivity (Wildman–Crippen MR) is 70.0 cm³/mol. The highest BCUT2D eigenvalue weighted by Crippen LogP contribution is 2.23. The monoisotopic (exact) mass is 295 g/mol. The van der Waals surface area contributed by atoms with Gasteiger partial charge in [-0.1, -0.05) is 0 Å². The number of aromatic nitrogens is 2. The van der Waals surface area contributed by atoms with Gasteiger partial charge in [-0.15, -0.1) is 0 Å². The van der Waals surface area contributed by atoms with E-state index in [4.69, 9.17) is 4.42 Å². The van der Waals surface area contributed by atoms with Crippen molar-refractivity contribution >= 4 is 21.9 Å². The van der Waals surface area contributed by atoms with Crippen LogP contribution < -0.4 is 5.32 Å². The summed E-state index contributed by atoms with van der Waals surface area (Å²) in [6.45, 7) is 5.96. The van der Waals surface area contributed by atoms with Gasteiger partial charge in [0.05, 0.1) is 10.5 Å². The molecule has 2 heterocycles. The zero-order chi connectivity index (χ0) is 12.4. The Kier molecular flexibility index (Phi) is 3.47. The third-order valence-corrected chi connectivity index (χ3v) is 2.92. The van der Waals surface area contributed by atoms with Crippen LogP contribution in [0.15, 0.2) is 27.3 Å². The van der Waals surface area contributed by atoms with Crippen LogP contribution in [0, 0.1) is 13.8 Å². The third kappa shape index (κ3) is 2.85. The number of halogens is 1. The maximum absolute atomic E-state index is 5.50. The third-order valence-electron chi connectivity index (χ3n) is 2.51. The minimum absolute atomic E-state index is 0.119. The van der Waals surface area contributed by atoms with Crippen molar-refractivity contribution in [1.29, 1.82) is 0 Å². The summed E-state index contributed by atoms with van der Waals surface area (Å²) in [5.41, 5.74) is 1.13. The molecule has 2 rings (SSSR count). The van der Waals surface area contributed by atoms with Gasteiger partial charge in [0.25, 0.3) is 0 Å². The standard InChI is InChI=1S/C12H14BrN3O/c1-7-4-11(9(3)17-7)8(2)16-12-14-5-10(13)6-15-12/h4-6,8H,1-3H3,(H,14,15,16). The number of nitrogens with zero attached hydrogens (tertiary/aromatic N) is 2. The number of rotatable bonds is 3. The Morgan fingerprint density at radius 1 is 1.29 bits per heavy atom. The lowest BCUT2D eigenvalue weighted by Crippen LogP contribution is -2.09. The molecule has 17 heavy (non-hydrogen) atoms. The van der Waals surface area contributed by atoms with Gasteiger partial charge >= 0.3 is 0 Å². The fraction of sp³-hybridized carbons (Fsp3) is 0.333. The van der Waals surface area contributed by atoms with Gasteiger partial charge in [0.15, 0.2) is 0 Å². The van der Waals surface area contributed by atoms with Crippen LogP contribution in [0.4, 0.5) is 5.95 Å². The second kappa shape index (κ2) is 4.87. The molecule has 0 aliphatic rings. The van der Waals surface area contributed by atoms with E-state index in [2.05, 4.69) is 38.1 Å². The molecule has 0 aliphatic heterocycles. The maximum Gasteiger partial charge on any atom is 0.223 e. The number of hydrogen-bond donors (Lipinski definition) is 1. The molecule has 0 bridgehead atoms. The van der Waals surface area contributed by atoms with Crippen LogP contribution in [-0.4, -0.2) is 9.97 Å². The molecule has 4 nitrogen and oxygen atoms in total. The average molecular weight is 296 g/mol. The van der Waals surface area contributed by atoms with E-state index >= 15 is 0 Å². The molecule has 0 amide bonds. The Morgan fingerprint density at radius 3 is 2.47 bits per heavy atom. The molecule has 0 saturated heterocycles. The van der Waals surface area contributed by atoms with Crippen molar-refractivity contribution in [1.82, 2.24) is 9.97 Å². The average Bonchev–Trinajstić information content (AvgIpc) is 2.61. The molecule has 0 radical (unpaired) electrons. The fourth-order valence-corrected chi connectivity index (χ4v) is 1.94. The molecule has 5 heteroatoms. The van der Waals surface area contributed by atoms with Gasteiger partial charge in [-0.05, 0) is 42.8 Å². The molecular formula is C12H14BrN3O. The van der Waals surface area contributed by atoms with Gasteiger partial charge in [-0.2, -0.15) is 0 Å². The van der Waals surface area contributed by atoms with Gasteiger partial charge in [0.1, 0.15) is 11.5 Å². The summed E-state index contributed by atoms with van der Waals surface area (Å²) >= 11 is 3.30. The molecule has 2 aromatic rings. The van der Waals surface area contributed by atoms with E-state index in [9.17, 15) is 0 Å². The summed E-state index contributed by atoms with van der Waals surface area (Å²) in [5, 5.41) is 3.24. The van der Waals surface area contributed by atoms with E-state index in [1.807, 2.05) is 19.9 Å². The zero-order valence-corrected chi connectivity index (χ0v) is 11.6. The van der Waals surface area contributed by atoms with Crippen molar-refractivity contribution in [2.75, 3.05) is 5.32 Å². The molecule has 90 valence electrons. The van der Waals surface area contributed by atoms with E-state index in [0.29, 0.717) is 5.95 Å². The van der Waals surface area contributed by atoms with Gasteiger partial charge in [0.2, 0.25) is 5.95 Å². The van der Waals surface area contributed by atoms with E-state index < -0.39 is 0 Å². The number of hydrogen-bond acceptors (Lipinski definition) is 4. The molecule has 0 aliphatic carbocycles. The van der Waals surface area contributed by atoms with Crippen LogP contribution in [0.25, 0.3) is 0 Å². The molecular weight excluding hydrogens is 282 g/mol. The molecule has 1 atom stereocenters. The normalized spacial score (nSPS) is 12.5. The summed E-state index contributed by atoms with van der Waals surface area (Å²) in [5.74, 6) is 2.46. The Bertz CT molecular complexity index is 507. The molecule has 1 unspecified atom stereocenters. The largest absolute Gasteiger partial charge is 0.466 e. The number of anilines is 1. The first kappa shape index (κ1) is 12.1. The van der Waals surface area contributed by atoms with Crippen LogP contribution in [0.1, 0.15) is 30.0 Å². The molecule has 2 aromatic heterocycles. The van der Waals surface area contributed by atoms with Crippen molar-refractivity contribution in [3.05, 3.63) is 40.0 Å². The molecule has 0 spiro atoms. The summed E-state index contributed by atoms with van der Waals surface area (Å²) in [4.78, 5) is 8.36. The zero-order valence-electron chi connectivity index (χ0n) is 9.99. The Morgan fingerprint density at radius 2 is 1.94 bits per heavy atom. The van der Waals surface area contributed by atoms with Gasteiger partial charge in [-0.25, -0.2) is 9.97 Å². The van der Waals surface area contributed by atoms with Crippen molar-refractivity contribution in [3.8, 4) is 0 Å². The van der Waals surface area contributed by atoms with Crippen LogP contribution in [0.5, 0.6) is 0 Å². The van der Waals surface area contributed by atoms with Gasteiger partial charge in [-0.3, -0.25) is 0 Å². The van der Waals surface area contributed by atoms with Crippen LogP contribution >= 0.6 is 15.9 Å². The Hall–Kier alpha value is -1.36. The highest BCUT2D eigenvalue weighted by Gasteiger charge is 2.13. The molecule has 0 saturated carbocycles.